The predicted octanol–water partition coefficient (Wildman–Crippen LogP) is 0.364. The molecule has 15 heavy (non-hydrogen) atoms. The molecule has 1 saturated heterocycles. The molecule has 0 unspecified atom stereocenters. The molecule has 0 aliphatic carbocycles. The topological polar surface area (TPSA) is 63.7 Å². The number of nitrogens with zero attached hydrogens (tertiary/aromatic N) is 1. The minimum absolute atomic E-state index is 0.0244. The van der Waals surface area contributed by atoms with Crippen LogP contribution in [0.4, 0.5) is 0 Å². The molecule has 1 heterocycles. The molecule has 0 atom stereocenters. The van der Waals surface area contributed by atoms with Gasteiger partial charge in [0.2, 0.25) is 5.91 Å². The molecule has 6 heteroatoms. The van der Waals surface area contributed by atoms with Crippen molar-refractivity contribution < 1.29 is 17.4 Å². The molecule has 0 spiro atoms. The summed E-state index contributed by atoms with van der Waals surface area (Å²) in [6.07, 6.45) is 2.16. The Kier molecular flexibility index (Phi) is 3.40. The van der Waals surface area contributed by atoms with Crippen LogP contribution in [0.15, 0.2) is 0 Å². The second kappa shape index (κ2) is 4.09. The Balaban J connectivity index is 2.59. The molecule has 0 N–H and O–H groups in total. The monoisotopic (exact) mass is 235 g/mol. The largest absolute Gasteiger partial charge is 0.343 e. The maximum Gasteiger partial charge on any atom is 0.264 e. The SMILES string of the molecule is CC(=O)N1CCC(C)(OS(C)(=O)=O)CC1. The summed E-state index contributed by atoms with van der Waals surface area (Å²) < 4.78 is 27.1. The van der Waals surface area contributed by atoms with Gasteiger partial charge in [0.05, 0.1) is 11.9 Å². The molecule has 0 aromatic heterocycles. The molecule has 1 aliphatic rings. The first-order valence-electron chi connectivity index (χ1n) is 4.88. The van der Waals surface area contributed by atoms with Gasteiger partial charge in [-0.25, -0.2) is 0 Å². The Morgan fingerprint density at radius 3 is 2.13 bits per heavy atom. The smallest absolute Gasteiger partial charge is 0.264 e. The van der Waals surface area contributed by atoms with E-state index in [1.54, 1.807) is 11.8 Å². The summed E-state index contributed by atoms with van der Waals surface area (Å²) in [5.41, 5.74) is -0.653. The summed E-state index contributed by atoms with van der Waals surface area (Å²) in [6, 6.07) is 0. The van der Waals surface area contributed by atoms with Gasteiger partial charge in [0, 0.05) is 20.0 Å². The number of likely N-dealkylation sites (tertiary alicyclic amines) is 1. The fraction of sp³-hybridized carbons (Fsp3) is 0.889. The highest BCUT2D eigenvalue weighted by Crippen LogP contribution is 2.27. The summed E-state index contributed by atoms with van der Waals surface area (Å²) in [5.74, 6) is 0.0244. The van der Waals surface area contributed by atoms with Crippen molar-refractivity contribution in [3.63, 3.8) is 0 Å². The summed E-state index contributed by atoms with van der Waals surface area (Å²) in [4.78, 5) is 12.8. The minimum atomic E-state index is -3.42. The van der Waals surface area contributed by atoms with E-state index in [0.717, 1.165) is 6.26 Å². The highest BCUT2D eigenvalue weighted by molar-refractivity contribution is 7.86. The first kappa shape index (κ1) is 12.4. The van der Waals surface area contributed by atoms with Gasteiger partial charge in [0.1, 0.15) is 0 Å². The number of hydrogen-bond donors (Lipinski definition) is 0. The van der Waals surface area contributed by atoms with Gasteiger partial charge in [-0.2, -0.15) is 8.42 Å². The Hall–Kier alpha value is -0.620. The maximum absolute atomic E-state index is 11.1. The molecule has 5 nitrogen and oxygen atoms in total. The third kappa shape index (κ3) is 3.79. The summed E-state index contributed by atoms with van der Waals surface area (Å²) in [5, 5.41) is 0. The lowest BCUT2D eigenvalue weighted by atomic mass is 9.94. The predicted molar refractivity (Wildman–Crippen MR) is 55.8 cm³/mol. The van der Waals surface area contributed by atoms with E-state index < -0.39 is 15.7 Å². The molecule has 88 valence electrons. The molecule has 0 aromatic rings. The normalized spacial score (nSPS) is 21.4. The van der Waals surface area contributed by atoms with Crippen LogP contribution in [-0.4, -0.2) is 44.2 Å². The summed E-state index contributed by atoms with van der Waals surface area (Å²) in [7, 11) is -3.42. The van der Waals surface area contributed by atoms with Crippen molar-refractivity contribution in [1.29, 1.82) is 0 Å². The van der Waals surface area contributed by atoms with Crippen molar-refractivity contribution in [1.82, 2.24) is 4.90 Å². The number of piperidine rings is 1. The van der Waals surface area contributed by atoms with Gasteiger partial charge >= 0.3 is 0 Å². The Morgan fingerprint density at radius 2 is 1.80 bits per heavy atom. The highest BCUT2D eigenvalue weighted by atomic mass is 32.2. The molecule has 0 aromatic carbocycles. The number of hydrogen-bond acceptors (Lipinski definition) is 4. The quantitative estimate of drug-likeness (QED) is 0.648. The summed E-state index contributed by atoms with van der Waals surface area (Å²) in [6.45, 7) is 4.40. The fourth-order valence-corrected chi connectivity index (χ4v) is 2.64. The zero-order valence-corrected chi connectivity index (χ0v) is 10.1. The molecule has 1 rings (SSSR count). The van der Waals surface area contributed by atoms with Crippen LogP contribution >= 0.6 is 0 Å². The van der Waals surface area contributed by atoms with Crippen LogP contribution in [0.5, 0.6) is 0 Å². The lowest BCUT2D eigenvalue weighted by Crippen LogP contribution is -2.46. The van der Waals surface area contributed by atoms with E-state index in [4.69, 9.17) is 4.18 Å². The van der Waals surface area contributed by atoms with Crippen molar-refractivity contribution in [2.45, 2.75) is 32.3 Å². The molecule has 1 fully saturated rings. The first-order valence-corrected chi connectivity index (χ1v) is 6.70. The second-order valence-corrected chi connectivity index (χ2v) is 5.82. The van der Waals surface area contributed by atoms with E-state index in [1.165, 1.54) is 6.92 Å². The standard InChI is InChI=1S/C9H17NO4S/c1-8(11)10-6-4-9(2,5-7-10)14-15(3,12)13/h4-7H2,1-3H3. The van der Waals surface area contributed by atoms with Crippen LogP contribution in [0.3, 0.4) is 0 Å². The zero-order chi connectivity index (χ0) is 11.7. The van der Waals surface area contributed by atoms with Crippen LogP contribution in [-0.2, 0) is 19.1 Å². The molecule has 1 aliphatic heterocycles. The number of rotatable bonds is 2. The van der Waals surface area contributed by atoms with E-state index in [1.807, 2.05) is 0 Å². The van der Waals surface area contributed by atoms with Crippen molar-refractivity contribution in [2.24, 2.45) is 0 Å². The third-order valence-corrected chi connectivity index (χ3v) is 3.32. The van der Waals surface area contributed by atoms with Gasteiger partial charge in [-0.05, 0) is 19.8 Å². The van der Waals surface area contributed by atoms with Crippen LogP contribution in [0.1, 0.15) is 26.7 Å². The van der Waals surface area contributed by atoms with E-state index in [2.05, 4.69) is 0 Å². The van der Waals surface area contributed by atoms with Gasteiger partial charge in [-0.1, -0.05) is 0 Å². The number of carbonyl (C=O) groups excluding carboxylic acids is 1. The van der Waals surface area contributed by atoms with Gasteiger partial charge in [0.25, 0.3) is 10.1 Å². The van der Waals surface area contributed by atoms with Crippen molar-refractivity contribution in [3.8, 4) is 0 Å². The summed E-state index contributed by atoms with van der Waals surface area (Å²) >= 11 is 0. The Morgan fingerprint density at radius 1 is 1.33 bits per heavy atom. The van der Waals surface area contributed by atoms with E-state index in [-0.39, 0.29) is 5.91 Å². The van der Waals surface area contributed by atoms with Gasteiger partial charge < -0.3 is 4.90 Å². The lowest BCUT2D eigenvalue weighted by Gasteiger charge is -2.37. The molecule has 1 amide bonds. The average molecular weight is 235 g/mol. The zero-order valence-electron chi connectivity index (χ0n) is 9.32. The third-order valence-electron chi connectivity index (χ3n) is 2.62. The number of carbonyl (C=O) groups is 1. The number of amides is 1. The van der Waals surface area contributed by atoms with E-state index in [9.17, 15) is 13.2 Å². The van der Waals surface area contributed by atoms with E-state index >= 15 is 0 Å². The Bertz CT molecular complexity index is 341. The first-order chi connectivity index (χ1) is 6.72. The molecule has 0 saturated carbocycles. The highest BCUT2D eigenvalue weighted by Gasteiger charge is 2.34. The minimum Gasteiger partial charge on any atom is -0.343 e. The van der Waals surface area contributed by atoms with Crippen molar-refractivity contribution in [3.05, 3.63) is 0 Å². The van der Waals surface area contributed by atoms with Crippen LogP contribution in [0, 0.1) is 0 Å². The van der Waals surface area contributed by atoms with Crippen molar-refractivity contribution in [2.75, 3.05) is 19.3 Å². The van der Waals surface area contributed by atoms with Gasteiger partial charge in [-0.15, -0.1) is 0 Å². The van der Waals surface area contributed by atoms with Crippen LogP contribution in [0.25, 0.3) is 0 Å². The lowest BCUT2D eigenvalue weighted by molar-refractivity contribution is -0.131. The van der Waals surface area contributed by atoms with Gasteiger partial charge in [0.15, 0.2) is 0 Å². The molecule has 0 bridgehead atoms. The average Bonchev–Trinajstić information content (AvgIpc) is 2.00. The second-order valence-electron chi connectivity index (χ2n) is 4.24. The molecular weight excluding hydrogens is 218 g/mol. The van der Waals surface area contributed by atoms with Crippen LogP contribution in [0.2, 0.25) is 0 Å². The fourth-order valence-electron chi connectivity index (χ4n) is 1.74. The molecule has 0 radical (unpaired) electrons. The van der Waals surface area contributed by atoms with Gasteiger partial charge in [-0.3, -0.25) is 8.98 Å². The maximum atomic E-state index is 11.1. The molecular formula is C9H17NO4S. The van der Waals surface area contributed by atoms with Crippen LogP contribution < -0.4 is 0 Å². The van der Waals surface area contributed by atoms with E-state index in [0.29, 0.717) is 25.9 Å². The van der Waals surface area contributed by atoms with Crippen molar-refractivity contribution >= 4 is 16.0 Å². The Labute approximate surface area is 90.5 Å².